The van der Waals surface area contributed by atoms with Crippen LogP contribution >= 0.6 is 0 Å². The van der Waals surface area contributed by atoms with E-state index in [1.54, 1.807) is 25.1 Å². The fourth-order valence-electron chi connectivity index (χ4n) is 3.17. The number of anilines is 2. The molecule has 0 aliphatic carbocycles. The first kappa shape index (κ1) is 18.3. The highest BCUT2D eigenvalue weighted by molar-refractivity contribution is 7.91. The Morgan fingerprint density at radius 3 is 2.79 bits per heavy atom. The molecule has 28 heavy (non-hydrogen) atoms. The highest BCUT2D eigenvalue weighted by atomic mass is 32.2. The summed E-state index contributed by atoms with van der Waals surface area (Å²) < 4.78 is 26.5. The number of nitrogens with zero attached hydrogens (tertiary/aromatic N) is 4. The molecule has 9 heteroatoms. The lowest BCUT2D eigenvalue weighted by molar-refractivity contribution is 0.597. The van der Waals surface area contributed by atoms with Crippen molar-refractivity contribution in [2.24, 2.45) is 0 Å². The van der Waals surface area contributed by atoms with Crippen LogP contribution in [0.1, 0.15) is 24.1 Å². The van der Waals surface area contributed by atoms with Crippen LogP contribution in [-0.4, -0.2) is 33.9 Å². The quantitative estimate of drug-likeness (QED) is 0.686. The molecule has 0 unspecified atom stereocenters. The number of imidazole rings is 1. The summed E-state index contributed by atoms with van der Waals surface area (Å²) in [4.78, 5) is 6.91. The normalized spacial score (nSPS) is 14.0. The minimum absolute atomic E-state index is 0.0706. The predicted octanol–water partition coefficient (Wildman–Crippen LogP) is 2.90. The zero-order valence-corrected chi connectivity index (χ0v) is 16.8. The molecule has 2 N–H and O–H groups in total. The number of aromatic nitrogens is 4. The van der Waals surface area contributed by atoms with E-state index in [-0.39, 0.29) is 5.75 Å². The Balaban J connectivity index is 1.74. The summed E-state index contributed by atoms with van der Waals surface area (Å²) in [6.07, 6.45) is 3.90. The van der Waals surface area contributed by atoms with Crippen LogP contribution in [0.2, 0.25) is 0 Å². The number of hydrogen-bond acceptors (Lipinski definition) is 6. The summed E-state index contributed by atoms with van der Waals surface area (Å²) in [6, 6.07) is 8.91. The standard InChI is InChI=1S/C19H22N6O2S/c1-4-28(26,27)16-7-5-6-15(9-16)24-11-18-20-14(3)10-25(18)19(12-24)21-17-8-13(2)22-23-17/h5-10,12H,4,11H2,1-3H3,(H2,21,22,23). The van der Waals surface area contributed by atoms with Crippen LogP contribution in [0.25, 0.3) is 5.82 Å². The van der Waals surface area contributed by atoms with Gasteiger partial charge in [-0.2, -0.15) is 5.10 Å². The van der Waals surface area contributed by atoms with Gasteiger partial charge in [0, 0.05) is 29.8 Å². The molecule has 0 atom stereocenters. The molecule has 0 spiro atoms. The van der Waals surface area contributed by atoms with E-state index >= 15 is 0 Å². The monoisotopic (exact) mass is 398 g/mol. The molecular weight excluding hydrogens is 376 g/mol. The average Bonchev–Trinajstić information content (AvgIpc) is 3.26. The van der Waals surface area contributed by atoms with E-state index in [0.717, 1.165) is 28.7 Å². The highest BCUT2D eigenvalue weighted by Crippen LogP contribution is 2.28. The largest absolute Gasteiger partial charge is 0.337 e. The van der Waals surface area contributed by atoms with Gasteiger partial charge in [-0.3, -0.25) is 9.67 Å². The number of fused-ring (bicyclic) bond motifs is 1. The van der Waals surface area contributed by atoms with Gasteiger partial charge in [-0.15, -0.1) is 0 Å². The third-order valence-electron chi connectivity index (χ3n) is 4.60. The molecule has 146 valence electrons. The second kappa shape index (κ2) is 6.83. The van der Waals surface area contributed by atoms with Crippen molar-refractivity contribution in [3.63, 3.8) is 0 Å². The van der Waals surface area contributed by atoms with Crippen molar-refractivity contribution in [3.8, 4) is 0 Å². The number of aryl methyl sites for hydroxylation is 2. The van der Waals surface area contributed by atoms with Crippen molar-refractivity contribution in [1.29, 1.82) is 0 Å². The lowest BCUT2D eigenvalue weighted by Gasteiger charge is -2.28. The third kappa shape index (κ3) is 3.40. The van der Waals surface area contributed by atoms with Crippen molar-refractivity contribution in [2.45, 2.75) is 32.2 Å². The Morgan fingerprint density at radius 1 is 1.25 bits per heavy atom. The second-order valence-electron chi connectivity index (χ2n) is 6.77. The Morgan fingerprint density at radius 2 is 2.07 bits per heavy atom. The summed E-state index contributed by atoms with van der Waals surface area (Å²) in [7, 11) is -3.27. The van der Waals surface area contributed by atoms with Crippen LogP contribution < -0.4 is 10.2 Å². The molecule has 0 saturated carbocycles. The predicted molar refractivity (Wildman–Crippen MR) is 109 cm³/mol. The summed E-state index contributed by atoms with van der Waals surface area (Å²) >= 11 is 0. The first-order valence-corrected chi connectivity index (χ1v) is 10.7. The number of nitrogens with one attached hydrogen (secondary N) is 2. The minimum atomic E-state index is -3.27. The molecule has 3 aromatic rings. The van der Waals surface area contributed by atoms with Crippen LogP contribution in [0.4, 0.5) is 11.5 Å². The Bertz CT molecular complexity index is 1160. The van der Waals surface area contributed by atoms with Gasteiger partial charge in [0.25, 0.3) is 0 Å². The van der Waals surface area contributed by atoms with Crippen molar-refractivity contribution in [2.75, 3.05) is 16.0 Å². The zero-order chi connectivity index (χ0) is 19.9. The molecule has 0 fully saturated rings. The SMILES string of the molecule is CCS(=O)(=O)c1cccc(N2C=C(Nc3cc(C)[nH]n3)n3cc(C)nc3C2)c1. The van der Waals surface area contributed by atoms with E-state index in [9.17, 15) is 8.42 Å². The van der Waals surface area contributed by atoms with E-state index in [2.05, 4.69) is 20.5 Å². The highest BCUT2D eigenvalue weighted by Gasteiger charge is 2.22. The van der Waals surface area contributed by atoms with E-state index in [0.29, 0.717) is 17.3 Å². The minimum Gasteiger partial charge on any atom is -0.337 e. The first-order valence-electron chi connectivity index (χ1n) is 9.01. The molecule has 0 radical (unpaired) electrons. The maximum atomic E-state index is 12.3. The third-order valence-corrected chi connectivity index (χ3v) is 6.33. The summed E-state index contributed by atoms with van der Waals surface area (Å²) in [5.41, 5.74) is 2.65. The van der Waals surface area contributed by atoms with Crippen molar-refractivity contribution in [3.05, 3.63) is 59.9 Å². The van der Waals surface area contributed by atoms with Gasteiger partial charge >= 0.3 is 0 Å². The maximum Gasteiger partial charge on any atom is 0.178 e. The Labute approximate surface area is 163 Å². The molecule has 0 amide bonds. The summed E-state index contributed by atoms with van der Waals surface area (Å²) in [5.74, 6) is 2.42. The van der Waals surface area contributed by atoms with Crippen LogP contribution in [0, 0.1) is 13.8 Å². The number of benzene rings is 1. The van der Waals surface area contributed by atoms with Gasteiger partial charge in [0.05, 0.1) is 22.9 Å². The van der Waals surface area contributed by atoms with Gasteiger partial charge in [-0.1, -0.05) is 13.0 Å². The van der Waals surface area contributed by atoms with Crippen LogP contribution in [-0.2, 0) is 16.4 Å². The molecule has 2 aromatic heterocycles. The molecule has 0 bridgehead atoms. The number of H-pyrrole nitrogens is 1. The molecule has 1 aromatic carbocycles. The molecule has 8 nitrogen and oxygen atoms in total. The topological polar surface area (TPSA) is 95.9 Å². The van der Waals surface area contributed by atoms with E-state index in [1.807, 2.05) is 47.8 Å². The molecule has 1 aliphatic rings. The fourth-order valence-corrected chi connectivity index (χ4v) is 4.09. The fraction of sp³-hybridized carbons (Fsp3) is 0.263. The van der Waals surface area contributed by atoms with Crippen molar-refractivity contribution < 1.29 is 8.42 Å². The van der Waals surface area contributed by atoms with Crippen molar-refractivity contribution in [1.82, 2.24) is 19.7 Å². The lowest BCUT2D eigenvalue weighted by Crippen LogP contribution is -2.27. The first-order chi connectivity index (χ1) is 13.4. The van der Waals surface area contributed by atoms with E-state index in [4.69, 9.17) is 0 Å². The van der Waals surface area contributed by atoms with Gasteiger partial charge in [-0.25, -0.2) is 13.4 Å². The average molecular weight is 398 g/mol. The summed E-state index contributed by atoms with van der Waals surface area (Å²) in [6.45, 7) is 6.07. The molecule has 3 heterocycles. The van der Waals surface area contributed by atoms with Crippen LogP contribution in [0.3, 0.4) is 0 Å². The van der Waals surface area contributed by atoms with Gasteiger partial charge in [-0.05, 0) is 32.0 Å². The Hall–Kier alpha value is -3.07. The van der Waals surface area contributed by atoms with Gasteiger partial charge in [0.15, 0.2) is 15.7 Å². The van der Waals surface area contributed by atoms with Gasteiger partial charge in [0.1, 0.15) is 11.6 Å². The number of rotatable bonds is 5. The maximum absolute atomic E-state index is 12.3. The lowest BCUT2D eigenvalue weighted by atomic mass is 10.2. The molecule has 4 rings (SSSR count). The van der Waals surface area contributed by atoms with Crippen LogP contribution in [0.15, 0.2) is 47.6 Å². The molecular formula is C19H22N6O2S. The molecule has 1 aliphatic heterocycles. The zero-order valence-electron chi connectivity index (χ0n) is 16.0. The van der Waals surface area contributed by atoms with Gasteiger partial charge in [0.2, 0.25) is 0 Å². The smallest absolute Gasteiger partial charge is 0.178 e. The molecule has 0 saturated heterocycles. The Kier molecular flexibility index (Phi) is 4.46. The van der Waals surface area contributed by atoms with Crippen LogP contribution in [0.5, 0.6) is 0 Å². The second-order valence-corrected chi connectivity index (χ2v) is 9.05. The van der Waals surface area contributed by atoms with E-state index in [1.165, 1.54) is 0 Å². The number of sulfone groups is 1. The van der Waals surface area contributed by atoms with Crippen molar-refractivity contribution >= 4 is 27.2 Å². The number of hydrogen-bond donors (Lipinski definition) is 2. The van der Waals surface area contributed by atoms with E-state index < -0.39 is 9.84 Å². The van der Waals surface area contributed by atoms with Gasteiger partial charge < -0.3 is 10.2 Å². The summed E-state index contributed by atoms with van der Waals surface area (Å²) in [5, 5.41) is 10.5. The number of aromatic amines is 1.